The Morgan fingerprint density at radius 1 is 1.06 bits per heavy atom. The van der Waals surface area contributed by atoms with Crippen molar-refractivity contribution in [2.75, 3.05) is 23.4 Å². The van der Waals surface area contributed by atoms with Gasteiger partial charge in [-0.05, 0) is 62.4 Å². The van der Waals surface area contributed by atoms with Crippen molar-refractivity contribution in [3.63, 3.8) is 0 Å². The monoisotopic (exact) mass is 490 g/mol. The first-order chi connectivity index (χ1) is 17.3. The van der Waals surface area contributed by atoms with Crippen LogP contribution in [0.1, 0.15) is 38.1 Å². The van der Waals surface area contributed by atoms with Gasteiger partial charge in [-0.3, -0.25) is 19.3 Å². The molecule has 2 N–H and O–H groups in total. The maximum atomic E-state index is 13.3. The number of carbonyl (C=O) groups excluding carboxylic acids is 3. The zero-order valence-electron chi connectivity index (χ0n) is 20.1. The van der Waals surface area contributed by atoms with E-state index in [4.69, 9.17) is 13.9 Å². The van der Waals surface area contributed by atoms with Crippen molar-refractivity contribution in [1.82, 2.24) is 0 Å². The molecule has 3 aromatic rings. The number of benzene rings is 2. The average molecular weight is 491 g/mol. The zero-order chi connectivity index (χ0) is 25.8. The van der Waals surface area contributed by atoms with Crippen LogP contribution in [-0.2, 0) is 14.4 Å². The van der Waals surface area contributed by atoms with Gasteiger partial charge >= 0.3 is 0 Å². The van der Waals surface area contributed by atoms with Crippen LogP contribution in [0.3, 0.4) is 0 Å². The molecule has 1 aromatic heterocycles. The van der Waals surface area contributed by atoms with Crippen LogP contribution >= 0.6 is 0 Å². The van der Waals surface area contributed by atoms with E-state index in [1.165, 1.54) is 18.1 Å². The first kappa shape index (κ1) is 24.6. The third kappa shape index (κ3) is 4.68. The van der Waals surface area contributed by atoms with Crippen LogP contribution in [-0.4, -0.2) is 35.9 Å². The summed E-state index contributed by atoms with van der Waals surface area (Å²) in [7, 11) is 0. The molecule has 0 radical (unpaired) electrons. The minimum absolute atomic E-state index is 0.133. The number of aliphatic hydroxyl groups is 1. The second-order valence-electron chi connectivity index (χ2n) is 7.94. The highest BCUT2D eigenvalue weighted by atomic mass is 16.5. The summed E-state index contributed by atoms with van der Waals surface area (Å²) in [6.07, 6.45) is 1.43. The molecule has 0 spiro atoms. The SMILES string of the molecule is CCOc1ccc(/C(O)=C2/C(=O)C(=O)N(c3ccc(NC(C)=O)cc3)C2c2ccco2)c(OCC)c1. The fraction of sp³-hybridized carbons (Fsp3) is 0.222. The number of nitrogens with zero attached hydrogens (tertiary/aromatic N) is 1. The van der Waals surface area contributed by atoms with Crippen LogP contribution in [0.2, 0.25) is 0 Å². The van der Waals surface area contributed by atoms with Crippen molar-refractivity contribution in [1.29, 1.82) is 0 Å². The van der Waals surface area contributed by atoms with Gasteiger partial charge in [0.15, 0.2) is 0 Å². The molecule has 2 amide bonds. The molecule has 0 aliphatic carbocycles. The Morgan fingerprint density at radius 2 is 1.78 bits per heavy atom. The number of carbonyl (C=O) groups is 3. The number of rotatable bonds is 8. The van der Waals surface area contributed by atoms with E-state index in [0.717, 1.165) is 0 Å². The maximum Gasteiger partial charge on any atom is 0.300 e. The van der Waals surface area contributed by atoms with E-state index in [9.17, 15) is 19.5 Å². The van der Waals surface area contributed by atoms with Gasteiger partial charge < -0.3 is 24.3 Å². The van der Waals surface area contributed by atoms with Crippen LogP contribution in [0.5, 0.6) is 11.5 Å². The number of anilines is 2. The smallest absolute Gasteiger partial charge is 0.300 e. The average Bonchev–Trinajstić information content (AvgIpc) is 3.47. The third-order valence-electron chi connectivity index (χ3n) is 5.54. The van der Waals surface area contributed by atoms with Crippen molar-refractivity contribution < 1.29 is 33.4 Å². The van der Waals surface area contributed by atoms with E-state index in [1.54, 1.807) is 61.5 Å². The van der Waals surface area contributed by atoms with Crippen molar-refractivity contribution in [2.45, 2.75) is 26.8 Å². The van der Waals surface area contributed by atoms with Gasteiger partial charge in [-0.15, -0.1) is 0 Å². The molecule has 36 heavy (non-hydrogen) atoms. The topological polar surface area (TPSA) is 118 Å². The molecule has 1 unspecified atom stereocenters. The quantitative estimate of drug-likeness (QED) is 0.268. The number of furan rings is 1. The van der Waals surface area contributed by atoms with Crippen molar-refractivity contribution in [2.24, 2.45) is 0 Å². The van der Waals surface area contributed by atoms with E-state index >= 15 is 0 Å². The summed E-state index contributed by atoms with van der Waals surface area (Å²) in [6, 6.07) is 13.6. The minimum atomic E-state index is -1.02. The Kier molecular flexibility index (Phi) is 7.10. The van der Waals surface area contributed by atoms with Gasteiger partial charge in [0.1, 0.15) is 29.1 Å². The Labute approximate surface area is 207 Å². The molecule has 2 heterocycles. The number of Topliss-reactive ketones (excluding diaryl/α,β-unsaturated/α-hetero) is 1. The Morgan fingerprint density at radius 3 is 2.39 bits per heavy atom. The molecule has 186 valence electrons. The Hall–Kier alpha value is -4.53. The standard InChI is InChI=1S/C27H26N2O7/c1-4-34-19-12-13-20(22(15-19)35-5-2)25(31)23-24(21-7-6-14-36-21)29(27(33)26(23)32)18-10-8-17(9-11-18)28-16(3)30/h6-15,24,31H,4-5H2,1-3H3,(H,28,30)/b25-23-. The predicted octanol–water partition coefficient (Wildman–Crippen LogP) is 4.66. The summed E-state index contributed by atoms with van der Waals surface area (Å²) in [5.74, 6) is -1.17. The fourth-order valence-corrected chi connectivity index (χ4v) is 4.10. The van der Waals surface area contributed by atoms with Crippen LogP contribution < -0.4 is 19.7 Å². The molecule has 1 aliphatic heterocycles. The summed E-state index contributed by atoms with van der Waals surface area (Å²) in [5, 5.41) is 14.0. The lowest BCUT2D eigenvalue weighted by Gasteiger charge is -2.23. The summed E-state index contributed by atoms with van der Waals surface area (Å²) in [4.78, 5) is 39.1. The van der Waals surface area contributed by atoms with Gasteiger partial charge in [0, 0.05) is 24.4 Å². The van der Waals surface area contributed by atoms with Crippen LogP contribution in [0.4, 0.5) is 11.4 Å². The zero-order valence-corrected chi connectivity index (χ0v) is 20.1. The third-order valence-corrected chi connectivity index (χ3v) is 5.54. The first-order valence-corrected chi connectivity index (χ1v) is 11.5. The van der Waals surface area contributed by atoms with Gasteiger partial charge in [0.2, 0.25) is 5.91 Å². The van der Waals surface area contributed by atoms with Crippen LogP contribution in [0.25, 0.3) is 5.76 Å². The van der Waals surface area contributed by atoms with Crippen LogP contribution in [0, 0.1) is 0 Å². The molecule has 2 aromatic carbocycles. The predicted molar refractivity (Wildman–Crippen MR) is 133 cm³/mol. The minimum Gasteiger partial charge on any atom is -0.507 e. The van der Waals surface area contributed by atoms with E-state index in [2.05, 4.69) is 5.32 Å². The van der Waals surface area contributed by atoms with E-state index in [-0.39, 0.29) is 17.0 Å². The van der Waals surface area contributed by atoms with Gasteiger partial charge in [-0.25, -0.2) is 0 Å². The molecule has 9 heteroatoms. The molecule has 1 atom stereocenters. The number of nitrogens with one attached hydrogen (secondary N) is 1. The summed E-state index contributed by atoms with van der Waals surface area (Å²) >= 11 is 0. The lowest BCUT2D eigenvalue weighted by molar-refractivity contribution is -0.132. The number of hydrogen-bond donors (Lipinski definition) is 2. The summed E-state index contributed by atoms with van der Waals surface area (Å²) < 4.78 is 16.8. The number of ketones is 1. The lowest BCUT2D eigenvalue weighted by atomic mass is 9.98. The van der Waals surface area contributed by atoms with Gasteiger partial charge in [0.05, 0.1) is 30.6 Å². The highest BCUT2D eigenvalue weighted by Gasteiger charge is 2.48. The largest absolute Gasteiger partial charge is 0.507 e. The highest BCUT2D eigenvalue weighted by Crippen LogP contribution is 2.44. The number of aliphatic hydroxyl groups excluding tert-OH is 1. The van der Waals surface area contributed by atoms with Gasteiger partial charge in [-0.2, -0.15) is 0 Å². The van der Waals surface area contributed by atoms with Gasteiger partial charge in [-0.1, -0.05) is 0 Å². The summed E-state index contributed by atoms with van der Waals surface area (Å²) in [5.41, 5.74) is 1.04. The molecule has 1 saturated heterocycles. The molecule has 9 nitrogen and oxygen atoms in total. The van der Waals surface area contributed by atoms with Crippen molar-refractivity contribution in [3.8, 4) is 11.5 Å². The molecule has 0 bridgehead atoms. The summed E-state index contributed by atoms with van der Waals surface area (Å²) in [6.45, 7) is 5.79. The van der Waals surface area contributed by atoms with Crippen molar-refractivity contribution in [3.05, 3.63) is 77.8 Å². The lowest BCUT2D eigenvalue weighted by Crippen LogP contribution is -2.29. The first-order valence-electron chi connectivity index (χ1n) is 11.5. The van der Waals surface area contributed by atoms with E-state index < -0.39 is 23.5 Å². The highest BCUT2D eigenvalue weighted by molar-refractivity contribution is 6.51. The van der Waals surface area contributed by atoms with Crippen molar-refractivity contribution >= 4 is 34.7 Å². The normalized spacial score (nSPS) is 16.8. The van der Waals surface area contributed by atoms with Gasteiger partial charge in [0.25, 0.3) is 11.7 Å². The van der Waals surface area contributed by atoms with E-state index in [0.29, 0.717) is 41.8 Å². The van der Waals surface area contributed by atoms with Crippen LogP contribution in [0.15, 0.2) is 70.9 Å². The Bertz CT molecular complexity index is 1310. The second-order valence-corrected chi connectivity index (χ2v) is 7.94. The molecule has 0 saturated carbocycles. The number of ether oxygens (including phenoxy) is 2. The molecule has 1 aliphatic rings. The molecule has 1 fully saturated rings. The fourth-order valence-electron chi connectivity index (χ4n) is 4.10. The second kappa shape index (κ2) is 10.4. The maximum absolute atomic E-state index is 13.3. The van der Waals surface area contributed by atoms with E-state index in [1.807, 2.05) is 6.92 Å². The number of hydrogen-bond acceptors (Lipinski definition) is 7. The number of amides is 2. The molecular weight excluding hydrogens is 464 g/mol. The Balaban J connectivity index is 1.85. The molecule has 4 rings (SSSR count). The molecular formula is C27H26N2O7.